The summed E-state index contributed by atoms with van der Waals surface area (Å²) < 4.78 is 0. The third-order valence-corrected chi connectivity index (χ3v) is 7.05. The van der Waals surface area contributed by atoms with E-state index in [1.54, 1.807) is 0 Å². The molecule has 0 aromatic heterocycles. The number of piperazine rings is 1. The molecule has 1 N–H and O–H groups in total. The van der Waals surface area contributed by atoms with Gasteiger partial charge in [0.05, 0.1) is 6.54 Å². The van der Waals surface area contributed by atoms with Gasteiger partial charge in [0.2, 0.25) is 5.91 Å². The molecule has 0 saturated carbocycles. The second kappa shape index (κ2) is 13.7. The summed E-state index contributed by atoms with van der Waals surface area (Å²) in [5.41, 5.74) is 3.07. The van der Waals surface area contributed by atoms with Gasteiger partial charge >= 0.3 is 0 Å². The summed E-state index contributed by atoms with van der Waals surface area (Å²) in [5.74, 6) is 0.258. The monoisotopic (exact) mass is 458 g/mol. The van der Waals surface area contributed by atoms with E-state index in [0.29, 0.717) is 12.6 Å². The lowest BCUT2D eigenvalue weighted by Crippen LogP contribution is -2.54. The third kappa shape index (κ3) is 8.11. The Morgan fingerprint density at radius 2 is 1.64 bits per heavy atom. The third-order valence-electron chi connectivity index (χ3n) is 7.05. The summed E-state index contributed by atoms with van der Waals surface area (Å²) in [5, 5.41) is 3.18. The van der Waals surface area contributed by atoms with Crippen molar-refractivity contribution in [3.05, 3.63) is 34.9 Å². The Kier molecular flexibility index (Phi) is 11.3. The van der Waals surface area contributed by atoms with Crippen molar-refractivity contribution in [3.8, 4) is 0 Å². The minimum Gasteiger partial charge on any atom is -0.349 e. The van der Waals surface area contributed by atoms with Crippen LogP contribution >= 0.6 is 0 Å². The average molecular weight is 459 g/mol. The van der Waals surface area contributed by atoms with E-state index in [0.717, 1.165) is 63.2 Å². The maximum atomic E-state index is 12.8. The molecule has 1 aromatic rings. The number of aryl methyl sites for hydroxylation is 2. The zero-order valence-corrected chi connectivity index (χ0v) is 21.8. The van der Waals surface area contributed by atoms with E-state index in [2.05, 4.69) is 35.9 Å². The van der Waals surface area contributed by atoms with E-state index in [1.807, 2.05) is 43.9 Å². The molecule has 1 unspecified atom stereocenters. The van der Waals surface area contributed by atoms with Crippen molar-refractivity contribution in [1.29, 1.82) is 0 Å². The molecule has 2 fully saturated rings. The second-order valence-corrected chi connectivity index (χ2v) is 9.38. The van der Waals surface area contributed by atoms with Crippen LogP contribution in [0.15, 0.2) is 18.2 Å². The molecule has 0 spiro atoms. The van der Waals surface area contributed by atoms with Gasteiger partial charge in [0.25, 0.3) is 5.91 Å². The number of nitrogens with one attached hydrogen (secondary N) is 1. The smallest absolute Gasteiger partial charge is 0.251 e. The number of piperidine rings is 1. The van der Waals surface area contributed by atoms with Crippen LogP contribution < -0.4 is 5.32 Å². The number of carbonyl (C=O) groups is 2. The van der Waals surface area contributed by atoms with Gasteiger partial charge in [0.1, 0.15) is 0 Å². The van der Waals surface area contributed by atoms with E-state index in [1.165, 1.54) is 18.4 Å². The number of likely N-dealkylation sites (tertiary alicyclic amines) is 1. The van der Waals surface area contributed by atoms with E-state index < -0.39 is 0 Å². The van der Waals surface area contributed by atoms with Gasteiger partial charge in [0, 0.05) is 56.9 Å². The predicted molar refractivity (Wildman–Crippen MR) is 137 cm³/mol. The highest BCUT2D eigenvalue weighted by atomic mass is 16.2. The first-order chi connectivity index (χ1) is 15.9. The summed E-state index contributed by atoms with van der Waals surface area (Å²) in [6, 6.07) is 6.66. The number of rotatable bonds is 7. The van der Waals surface area contributed by atoms with Gasteiger partial charge in [-0.2, -0.15) is 0 Å². The van der Waals surface area contributed by atoms with Gasteiger partial charge in [-0.15, -0.1) is 0 Å². The fourth-order valence-corrected chi connectivity index (χ4v) is 4.69. The van der Waals surface area contributed by atoms with Gasteiger partial charge in [-0.3, -0.25) is 19.4 Å². The first-order valence-electron chi connectivity index (χ1n) is 13.0. The van der Waals surface area contributed by atoms with Crippen LogP contribution in [0.4, 0.5) is 0 Å². The molecule has 6 nitrogen and oxygen atoms in total. The largest absolute Gasteiger partial charge is 0.349 e. The standard InChI is InChI=1S/C25H40N4O2.C2H6/c1-5-6-21(4)28-13-15-29(16-14-28)24(30)18-27-11-9-23(10-12-27)26-25(31)22-8-7-19(2)20(3)17-22;1-2/h7-8,17,21,23H,5-6,9-16,18H2,1-4H3,(H,26,31);1-2H3. The highest BCUT2D eigenvalue weighted by Gasteiger charge is 2.27. The fourth-order valence-electron chi connectivity index (χ4n) is 4.69. The number of hydrogen-bond donors (Lipinski definition) is 1. The quantitative estimate of drug-likeness (QED) is 0.674. The van der Waals surface area contributed by atoms with Crippen molar-refractivity contribution in [1.82, 2.24) is 20.0 Å². The highest BCUT2D eigenvalue weighted by molar-refractivity contribution is 5.94. The van der Waals surface area contributed by atoms with Gasteiger partial charge in [-0.05, 0) is 63.3 Å². The van der Waals surface area contributed by atoms with E-state index in [-0.39, 0.29) is 17.9 Å². The van der Waals surface area contributed by atoms with Gasteiger partial charge in [-0.25, -0.2) is 0 Å². The van der Waals surface area contributed by atoms with Crippen molar-refractivity contribution in [3.63, 3.8) is 0 Å². The molecule has 0 radical (unpaired) electrons. The molecule has 2 heterocycles. The van der Waals surface area contributed by atoms with Crippen LogP contribution in [-0.2, 0) is 4.79 Å². The Hall–Kier alpha value is -1.92. The van der Waals surface area contributed by atoms with Crippen molar-refractivity contribution >= 4 is 11.8 Å². The van der Waals surface area contributed by atoms with E-state index in [4.69, 9.17) is 0 Å². The molecule has 2 saturated heterocycles. The molecule has 33 heavy (non-hydrogen) atoms. The number of hydrogen-bond acceptors (Lipinski definition) is 4. The lowest BCUT2D eigenvalue weighted by Gasteiger charge is -2.39. The topological polar surface area (TPSA) is 55.9 Å². The second-order valence-electron chi connectivity index (χ2n) is 9.38. The van der Waals surface area contributed by atoms with E-state index >= 15 is 0 Å². The number of amides is 2. The first-order valence-corrected chi connectivity index (χ1v) is 13.0. The van der Waals surface area contributed by atoms with Crippen LogP contribution in [0.25, 0.3) is 0 Å². The lowest BCUT2D eigenvalue weighted by molar-refractivity contribution is -0.134. The molecule has 0 bridgehead atoms. The number of nitrogens with zero attached hydrogens (tertiary/aromatic N) is 3. The summed E-state index contributed by atoms with van der Waals surface area (Å²) in [6.07, 6.45) is 4.22. The van der Waals surface area contributed by atoms with Crippen molar-refractivity contribution < 1.29 is 9.59 Å². The van der Waals surface area contributed by atoms with Gasteiger partial charge < -0.3 is 10.2 Å². The molecule has 186 valence electrons. The summed E-state index contributed by atoms with van der Waals surface area (Å²) in [6.45, 7) is 18.5. The molecule has 2 aliphatic heterocycles. The molecular weight excluding hydrogens is 412 g/mol. The normalized spacial score (nSPS) is 18.9. The van der Waals surface area contributed by atoms with Crippen LogP contribution in [0.1, 0.15) is 74.9 Å². The zero-order chi connectivity index (χ0) is 24.4. The van der Waals surface area contributed by atoms with Crippen molar-refractivity contribution in [2.24, 2.45) is 0 Å². The Balaban J connectivity index is 0.00000187. The maximum absolute atomic E-state index is 12.8. The molecular formula is C27H46N4O2. The molecule has 3 rings (SSSR count). The molecule has 1 atom stereocenters. The molecule has 0 aliphatic carbocycles. The van der Waals surface area contributed by atoms with Crippen molar-refractivity contribution in [2.75, 3.05) is 45.8 Å². The molecule has 2 aliphatic rings. The Morgan fingerprint density at radius 1 is 1.00 bits per heavy atom. The maximum Gasteiger partial charge on any atom is 0.251 e. The van der Waals surface area contributed by atoms with Crippen LogP contribution in [0, 0.1) is 13.8 Å². The zero-order valence-electron chi connectivity index (χ0n) is 21.8. The van der Waals surface area contributed by atoms with Crippen LogP contribution in [-0.4, -0.2) is 84.4 Å². The minimum absolute atomic E-state index is 0.00722. The first kappa shape index (κ1) is 27.3. The summed E-state index contributed by atoms with van der Waals surface area (Å²) in [4.78, 5) is 32.1. The predicted octanol–water partition coefficient (Wildman–Crippen LogP) is 3.86. The minimum atomic E-state index is 0.00722. The Morgan fingerprint density at radius 3 is 2.21 bits per heavy atom. The number of benzene rings is 1. The van der Waals surface area contributed by atoms with E-state index in [9.17, 15) is 9.59 Å². The molecule has 6 heteroatoms. The van der Waals surface area contributed by atoms with Crippen LogP contribution in [0.3, 0.4) is 0 Å². The summed E-state index contributed by atoms with van der Waals surface area (Å²) in [7, 11) is 0. The van der Waals surface area contributed by atoms with Gasteiger partial charge in [-0.1, -0.05) is 33.3 Å². The average Bonchev–Trinajstić information content (AvgIpc) is 2.83. The molecule has 1 aromatic carbocycles. The summed E-state index contributed by atoms with van der Waals surface area (Å²) >= 11 is 0. The highest BCUT2D eigenvalue weighted by Crippen LogP contribution is 2.15. The fraction of sp³-hybridized carbons (Fsp3) is 0.704. The van der Waals surface area contributed by atoms with Crippen LogP contribution in [0.5, 0.6) is 0 Å². The van der Waals surface area contributed by atoms with Gasteiger partial charge in [0.15, 0.2) is 0 Å². The lowest BCUT2D eigenvalue weighted by atomic mass is 10.0. The number of carbonyl (C=O) groups excluding carboxylic acids is 2. The molecule has 2 amide bonds. The Labute approximate surface area is 201 Å². The Bertz CT molecular complexity index is 750. The SMILES string of the molecule is CC.CCCC(C)N1CCN(C(=O)CN2CCC(NC(=O)c3ccc(C)c(C)c3)CC2)CC1. The van der Waals surface area contributed by atoms with Crippen molar-refractivity contribution in [2.45, 2.75) is 79.3 Å². The van der Waals surface area contributed by atoms with Crippen LogP contribution in [0.2, 0.25) is 0 Å².